The van der Waals surface area contributed by atoms with Crippen LogP contribution >= 0.6 is 24.0 Å². The van der Waals surface area contributed by atoms with Gasteiger partial charge in [0.05, 0.1) is 0 Å². The highest BCUT2D eigenvalue weighted by Crippen LogP contribution is 2.10. The molecule has 0 aromatic rings. The standard InChI is InChI=1S/C16H33N3O2.HI/c1-6-12-18-15(17-5)19-13-10-8-7-9-11-14(20)21-16(2,3)4;/h6-13H2,1-5H3,(H2,17,18,19);1H. The topological polar surface area (TPSA) is 62.7 Å². The molecule has 22 heavy (non-hydrogen) atoms. The Morgan fingerprint density at radius 1 is 1.05 bits per heavy atom. The molecular formula is C16H34IN3O2. The molecule has 0 aliphatic rings. The van der Waals surface area contributed by atoms with Crippen molar-refractivity contribution in [2.75, 3.05) is 20.1 Å². The summed E-state index contributed by atoms with van der Waals surface area (Å²) in [5.41, 5.74) is -0.373. The normalized spacial score (nSPS) is 11.6. The molecule has 0 bridgehead atoms. The minimum atomic E-state index is -0.373. The lowest BCUT2D eigenvalue weighted by Gasteiger charge is -2.19. The number of nitrogens with zero attached hydrogens (tertiary/aromatic N) is 1. The van der Waals surface area contributed by atoms with Gasteiger partial charge in [-0.3, -0.25) is 9.79 Å². The molecule has 0 aliphatic heterocycles. The number of carbonyl (C=O) groups is 1. The molecule has 0 atom stereocenters. The monoisotopic (exact) mass is 427 g/mol. The number of nitrogens with one attached hydrogen (secondary N) is 2. The van der Waals surface area contributed by atoms with Crippen LogP contribution in [0.5, 0.6) is 0 Å². The van der Waals surface area contributed by atoms with E-state index in [1.165, 1.54) is 0 Å². The van der Waals surface area contributed by atoms with Crippen molar-refractivity contribution in [2.24, 2.45) is 4.99 Å². The van der Waals surface area contributed by atoms with Crippen LogP contribution in [0.2, 0.25) is 0 Å². The SMILES string of the molecule is CCCNC(=NC)NCCCCCCC(=O)OC(C)(C)C.I. The highest BCUT2D eigenvalue weighted by Gasteiger charge is 2.15. The Kier molecular flexibility index (Phi) is 15.2. The highest BCUT2D eigenvalue weighted by atomic mass is 127. The van der Waals surface area contributed by atoms with Gasteiger partial charge in [0.2, 0.25) is 0 Å². The quantitative estimate of drug-likeness (QED) is 0.195. The lowest BCUT2D eigenvalue weighted by Crippen LogP contribution is -2.38. The third-order valence-corrected chi connectivity index (χ3v) is 2.79. The summed E-state index contributed by atoms with van der Waals surface area (Å²) in [5.74, 6) is 0.774. The molecular weight excluding hydrogens is 393 g/mol. The lowest BCUT2D eigenvalue weighted by atomic mass is 10.1. The van der Waals surface area contributed by atoms with E-state index in [9.17, 15) is 4.79 Å². The fourth-order valence-corrected chi connectivity index (χ4v) is 1.81. The average molecular weight is 427 g/mol. The molecule has 0 aromatic heterocycles. The zero-order valence-electron chi connectivity index (χ0n) is 14.8. The van der Waals surface area contributed by atoms with Crippen LogP contribution in [0, 0.1) is 0 Å². The Labute approximate surface area is 153 Å². The second kappa shape index (κ2) is 14.1. The van der Waals surface area contributed by atoms with E-state index in [0.717, 1.165) is 51.2 Å². The van der Waals surface area contributed by atoms with Gasteiger partial charge in [0, 0.05) is 26.6 Å². The van der Waals surface area contributed by atoms with Crippen molar-refractivity contribution in [3.63, 3.8) is 0 Å². The largest absolute Gasteiger partial charge is 0.460 e. The van der Waals surface area contributed by atoms with Gasteiger partial charge in [-0.1, -0.05) is 19.8 Å². The van der Waals surface area contributed by atoms with Gasteiger partial charge in [0.15, 0.2) is 5.96 Å². The van der Waals surface area contributed by atoms with E-state index in [2.05, 4.69) is 22.5 Å². The van der Waals surface area contributed by atoms with Crippen LogP contribution in [-0.2, 0) is 9.53 Å². The molecule has 0 saturated heterocycles. The number of aliphatic imine (C=N–C) groups is 1. The molecule has 0 radical (unpaired) electrons. The molecule has 0 aliphatic carbocycles. The molecule has 0 saturated carbocycles. The van der Waals surface area contributed by atoms with Crippen LogP contribution in [0.15, 0.2) is 4.99 Å². The van der Waals surface area contributed by atoms with Crippen molar-refractivity contribution in [3.05, 3.63) is 0 Å². The molecule has 0 heterocycles. The van der Waals surface area contributed by atoms with Crippen molar-refractivity contribution in [1.82, 2.24) is 10.6 Å². The van der Waals surface area contributed by atoms with Gasteiger partial charge in [0.25, 0.3) is 0 Å². The summed E-state index contributed by atoms with van der Waals surface area (Å²) in [7, 11) is 1.78. The Balaban J connectivity index is 0. The number of hydrogen-bond acceptors (Lipinski definition) is 3. The Hall–Kier alpha value is -0.530. The summed E-state index contributed by atoms with van der Waals surface area (Å²) in [4.78, 5) is 15.7. The number of esters is 1. The van der Waals surface area contributed by atoms with E-state index >= 15 is 0 Å². The van der Waals surface area contributed by atoms with Crippen molar-refractivity contribution in [2.45, 2.75) is 71.8 Å². The predicted octanol–water partition coefficient (Wildman–Crippen LogP) is 3.47. The number of unbranched alkanes of at least 4 members (excludes halogenated alkanes) is 3. The van der Waals surface area contributed by atoms with Crippen molar-refractivity contribution < 1.29 is 9.53 Å². The first-order valence-corrected chi connectivity index (χ1v) is 8.05. The van der Waals surface area contributed by atoms with E-state index in [4.69, 9.17) is 4.74 Å². The van der Waals surface area contributed by atoms with Gasteiger partial charge in [-0.25, -0.2) is 0 Å². The third kappa shape index (κ3) is 15.9. The number of halogens is 1. The summed E-state index contributed by atoms with van der Waals surface area (Å²) in [6, 6.07) is 0. The van der Waals surface area contributed by atoms with E-state index < -0.39 is 0 Å². The van der Waals surface area contributed by atoms with Crippen molar-refractivity contribution in [3.8, 4) is 0 Å². The maximum absolute atomic E-state index is 11.5. The smallest absolute Gasteiger partial charge is 0.306 e. The van der Waals surface area contributed by atoms with Crippen LogP contribution in [0.3, 0.4) is 0 Å². The first-order valence-electron chi connectivity index (χ1n) is 8.05. The zero-order chi connectivity index (χ0) is 16.1. The van der Waals surface area contributed by atoms with Crippen LogP contribution in [0.25, 0.3) is 0 Å². The van der Waals surface area contributed by atoms with Gasteiger partial charge >= 0.3 is 5.97 Å². The number of guanidine groups is 1. The van der Waals surface area contributed by atoms with Gasteiger partial charge in [-0.2, -0.15) is 0 Å². The Morgan fingerprint density at radius 2 is 1.64 bits per heavy atom. The third-order valence-electron chi connectivity index (χ3n) is 2.79. The summed E-state index contributed by atoms with van der Waals surface area (Å²) in [6.45, 7) is 9.68. The molecule has 5 nitrogen and oxygen atoms in total. The summed E-state index contributed by atoms with van der Waals surface area (Å²) >= 11 is 0. The Bertz CT molecular complexity index is 315. The second-order valence-corrected chi connectivity index (χ2v) is 6.18. The van der Waals surface area contributed by atoms with Crippen LogP contribution in [0.1, 0.15) is 66.2 Å². The molecule has 0 aromatic carbocycles. The minimum Gasteiger partial charge on any atom is -0.460 e. The first-order chi connectivity index (χ1) is 9.89. The summed E-state index contributed by atoms with van der Waals surface area (Å²) in [5, 5.41) is 6.52. The van der Waals surface area contributed by atoms with Crippen molar-refractivity contribution >= 4 is 35.9 Å². The zero-order valence-corrected chi connectivity index (χ0v) is 17.2. The van der Waals surface area contributed by atoms with E-state index in [0.29, 0.717) is 6.42 Å². The average Bonchev–Trinajstić information content (AvgIpc) is 2.39. The maximum Gasteiger partial charge on any atom is 0.306 e. The molecule has 0 spiro atoms. The fraction of sp³-hybridized carbons (Fsp3) is 0.875. The van der Waals surface area contributed by atoms with Gasteiger partial charge in [-0.15, -0.1) is 24.0 Å². The number of carbonyl (C=O) groups excluding carboxylic acids is 1. The molecule has 0 rings (SSSR count). The van der Waals surface area contributed by atoms with Gasteiger partial charge in [0.1, 0.15) is 5.60 Å². The van der Waals surface area contributed by atoms with Crippen LogP contribution < -0.4 is 10.6 Å². The number of ether oxygens (including phenoxy) is 1. The fourth-order valence-electron chi connectivity index (χ4n) is 1.81. The van der Waals surface area contributed by atoms with E-state index in [1.54, 1.807) is 7.05 Å². The second-order valence-electron chi connectivity index (χ2n) is 6.18. The van der Waals surface area contributed by atoms with Gasteiger partial charge < -0.3 is 15.4 Å². The number of rotatable bonds is 9. The van der Waals surface area contributed by atoms with Gasteiger partial charge in [-0.05, 0) is 40.0 Å². The maximum atomic E-state index is 11.5. The lowest BCUT2D eigenvalue weighted by molar-refractivity contribution is -0.154. The predicted molar refractivity (Wildman–Crippen MR) is 104 cm³/mol. The molecule has 0 unspecified atom stereocenters. The molecule has 0 amide bonds. The van der Waals surface area contributed by atoms with Crippen LogP contribution in [-0.4, -0.2) is 37.7 Å². The van der Waals surface area contributed by atoms with Crippen LogP contribution in [0.4, 0.5) is 0 Å². The summed E-state index contributed by atoms with van der Waals surface area (Å²) < 4.78 is 5.27. The molecule has 0 fully saturated rings. The van der Waals surface area contributed by atoms with E-state index in [1.807, 2.05) is 20.8 Å². The van der Waals surface area contributed by atoms with E-state index in [-0.39, 0.29) is 35.5 Å². The molecule has 6 heteroatoms. The number of hydrogen-bond donors (Lipinski definition) is 2. The summed E-state index contributed by atoms with van der Waals surface area (Å²) in [6.07, 6.45) is 5.76. The van der Waals surface area contributed by atoms with Crippen molar-refractivity contribution in [1.29, 1.82) is 0 Å². The first kappa shape index (κ1) is 23.7. The molecule has 2 N–H and O–H groups in total. The minimum absolute atomic E-state index is 0. The molecule has 132 valence electrons. The highest BCUT2D eigenvalue weighted by molar-refractivity contribution is 14.0. The Morgan fingerprint density at radius 3 is 2.18 bits per heavy atom.